The molecule has 0 aromatic rings. The molecule has 0 aromatic carbocycles. The van der Waals surface area contributed by atoms with Crippen LogP contribution in [0.3, 0.4) is 0 Å². The average molecular weight is 652 g/mol. The molecular weight excluding hydrogens is 597 g/mol. The van der Waals surface area contributed by atoms with Crippen molar-refractivity contribution < 1.29 is 62.2 Å². The zero-order chi connectivity index (χ0) is 33.3. The third kappa shape index (κ3) is 18.3. The van der Waals surface area contributed by atoms with Crippen LogP contribution in [0.15, 0.2) is 12.2 Å². The smallest absolute Gasteiger partial charge is 0.306 e. The highest BCUT2D eigenvalue weighted by molar-refractivity contribution is 7.45. The first kappa shape index (κ1) is 40.3. The fourth-order valence-corrected chi connectivity index (χ4v) is 5.52. The Kier molecular flexibility index (Phi) is 18.7. The van der Waals surface area contributed by atoms with Crippen molar-refractivity contribution in [3.8, 4) is 0 Å². The van der Waals surface area contributed by atoms with Gasteiger partial charge in [-0.2, -0.15) is 0 Å². The number of nitrogens with zero attached hydrogens (tertiary/aromatic N) is 1. The fraction of sp³-hybridized carbons (Fsp3) is 0.833. The van der Waals surface area contributed by atoms with E-state index in [1.54, 1.807) is 12.2 Å². The molecule has 0 spiro atoms. The number of ether oxygens (including phenoxy) is 2. The molecule has 0 bridgehead atoms. The minimum atomic E-state index is -4.68. The molecule has 0 radical (unpaired) electrons. The Hall–Kier alpha value is -1.70. The Morgan fingerprint density at radius 1 is 1.02 bits per heavy atom. The maximum atomic E-state index is 12.7. The molecule has 1 saturated carbocycles. The van der Waals surface area contributed by atoms with E-state index in [4.69, 9.17) is 18.5 Å². The number of phosphoric ester groups is 1. The van der Waals surface area contributed by atoms with Crippen molar-refractivity contribution in [3.05, 3.63) is 12.2 Å². The van der Waals surface area contributed by atoms with E-state index in [1.165, 1.54) is 0 Å². The van der Waals surface area contributed by atoms with Gasteiger partial charge in [0.1, 0.15) is 25.5 Å². The summed E-state index contributed by atoms with van der Waals surface area (Å²) in [5.74, 6) is -2.33. The summed E-state index contributed by atoms with van der Waals surface area (Å²) in [5.41, 5.74) is 0. The number of carbonyl (C=O) groups is 3. The number of quaternary nitrogens is 1. The lowest BCUT2D eigenvalue weighted by atomic mass is 9.87. The van der Waals surface area contributed by atoms with Gasteiger partial charge >= 0.3 is 11.9 Å². The van der Waals surface area contributed by atoms with Gasteiger partial charge in [0.2, 0.25) is 0 Å². The van der Waals surface area contributed by atoms with Gasteiger partial charge in [-0.05, 0) is 19.3 Å². The molecule has 44 heavy (non-hydrogen) atoms. The van der Waals surface area contributed by atoms with E-state index >= 15 is 0 Å². The number of rotatable bonds is 23. The van der Waals surface area contributed by atoms with E-state index in [0.717, 1.165) is 26.2 Å². The van der Waals surface area contributed by atoms with Crippen LogP contribution in [0.2, 0.25) is 0 Å². The summed E-state index contributed by atoms with van der Waals surface area (Å²) >= 11 is 0. The van der Waals surface area contributed by atoms with E-state index in [0.29, 0.717) is 30.3 Å². The molecule has 13 nitrogen and oxygen atoms in total. The van der Waals surface area contributed by atoms with E-state index in [1.807, 2.05) is 21.1 Å². The topological polar surface area (TPSA) is 189 Å². The van der Waals surface area contributed by atoms with Gasteiger partial charge in [0.05, 0.1) is 46.1 Å². The second kappa shape index (κ2) is 20.4. The Bertz CT molecular complexity index is 953. The minimum absolute atomic E-state index is 0.0645. The molecule has 1 aliphatic carbocycles. The minimum Gasteiger partial charge on any atom is -0.756 e. The van der Waals surface area contributed by atoms with Crippen molar-refractivity contribution in [3.63, 3.8) is 0 Å². The van der Waals surface area contributed by atoms with Gasteiger partial charge in [0.15, 0.2) is 6.10 Å². The van der Waals surface area contributed by atoms with Crippen LogP contribution in [0.1, 0.15) is 78.1 Å². The molecular formula is C30H54NO12P. The number of carbonyl (C=O) groups excluding carboxylic acids is 3. The van der Waals surface area contributed by atoms with Gasteiger partial charge in [0.25, 0.3) is 7.82 Å². The van der Waals surface area contributed by atoms with Crippen LogP contribution in [0, 0.1) is 11.8 Å². The van der Waals surface area contributed by atoms with E-state index in [2.05, 4.69) is 6.92 Å². The average Bonchev–Trinajstić information content (AvgIpc) is 3.17. The molecule has 0 heterocycles. The van der Waals surface area contributed by atoms with Crippen molar-refractivity contribution in [2.75, 3.05) is 47.5 Å². The number of likely N-dealkylation sites (N-methyl/N-ethyl adjacent to an activating group) is 1. The van der Waals surface area contributed by atoms with Crippen LogP contribution in [-0.4, -0.2) is 109 Å². The van der Waals surface area contributed by atoms with Gasteiger partial charge in [-0.15, -0.1) is 0 Å². The lowest BCUT2D eigenvalue weighted by Gasteiger charge is -2.28. The van der Waals surface area contributed by atoms with Gasteiger partial charge in [-0.1, -0.05) is 38.3 Å². The van der Waals surface area contributed by atoms with Crippen molar-refractivity contribution in [2.45, 2.75) is 102 Å². The van der Waals surface area contributed by atoms with Crippen molar-refractivity contribution >= 4 is 25.5 Å². The molecule has 0 aromatic heterocycles. The van der Waals surface area contributed by atoms with Gasteiger partial charge in [-0.3, -0.25) is 18.9 Å². The molecule has 3 N–H and O–H groups in total. The van der Waals surface area contributed by atoms with Crippen molar-refractivity contribution in [1.82, 2.24) is 0 Å². The standard InChI is InChI=1S/C30H54NO12P/c1-6-7-8-11-23(33)14-15-26-27(29(36)19-28(26)35)18-24(34)12-9-10-13-30(37)43-25(20-40-22(2)32)21-42-44(38,39)41-17-16-31(3,4)5/h14-15,23,25-29,33,35-36H,6-13,16-21H2,1-5H3/b15-14+/t23-,25+,26+,27+,28+,29-/m0/s1. The third-order valence-corrected chi connectivity index (χ3v) is 8.29. The second-order valence-corrected chi connectivity index (χ2v) is 13.9. The van der Waals surface area contributed by atoms with Gasteiger partial charge in [0, 0.05) is 44.4 Å². The van der Waals surface area contributed by atoms with Crippen LogP contribution < -0.4 is 4.89 Å². The summed E-state index contributed by atoms with van der Waals surface area (Å²) in [6.45, 7) is 2.55. The Labute approximate surface area is 261 Å². The first-order chi connectivity index (χ1) is 20.5. The molecule has 1 rings (SSSR count). The van der Waals surface area contributed by atoms with Crippen molar-refractivity contribution in [2.24, 2.45) is 11.8 Å². The summed E-state index contributed by atoms with van der Waals surface area (Å²) in [5, 5.41) is 31.0. The molecule has 14 heteroatoms. The number of aliphatic hydroxyl groups is 3. The highest BCUT2D eigenvalue weighted by Crippen LogP contribution is 2.38. The molecule has 1 fully saturated rings. The number of Topliss-reactive ketones (excluding diaryl/α,β-unsaturated/α-hetero) is 1. The van der Waals surface area contributed by atoms with Crippen LogP contribution in [0.5, 0.6) is 0 Å². The Morgan fingerprint density at radius 3 is 2.34 bits per heavy atom. The lowest BCUT2D eigenvalue weighted by molar-refractivity contribution is -0.870. The quantitative estimate of drug-likeness (QED) is 0.0480. The maximum Gasteiger partial charge on any atom is 0.306 e. The van der Waals surface area contributed by atoms with Crippen LogP contribution in [0.4, 0.5) is 0 Å². The van der Waals surface area contributed by atoms with Crippen LogP contribution >= 0.6 is 7.82 Å². The zero-order valence-electron chi connectivity index (χ0n) is 26.9. The molecule has 1 unspecified atom stereocenters. The predicted molar refractivity (Wildman–Crippen MR) is 160 cm³/mol. The van der Waals surface area contributed by atoms with Gasteiger partial charge < -0.3 is 43.2 Å². The molecule has 7 atom stereocenters. The summed E-state index contributed by atoms with van der Waals surface area (Å²) in [6.07, 6.45) is 4.47. The number of hydrogen-bond acceptors (Lipinski definition) is 12. The number of esters is 2. The van der Waals surface area contributed by atoms with E-state index in [-0.39, 0.29) is 38.1 Å². The molecule has 256 valence electrons. The first-order valence-electron chi connectivity index (χ1n) is 15.5. The number of ketones is 1. The zero-order valence-corrected chi connectivity index (χ0v) is 27.8. The second-order valence-electron chi connectivity index (χ2n) is 12.5. The highest BCUT2D eigenvalue weighted by Gasteiger charge is 2.41. The SMILES string of the molecule is CCCCC[C@H](O)/C=C/[C@@H]1[C@@H](CC(=O)CCCCC(=O)O[C@H](COC(C)=O)COP(=O)([O-])OCC[N+](C)(C)C)[C@@H](O)C[C@H]1O. The number of hydrogen-bond donors (Lipinski definition) is 3. The Morgan fingerprint density at radius 2 is 1.70 bits per heavy atom. The lowest BCUT2D eigenvalue weighted by Crippen LogP contribution is -2.37. The van der Waals surface area contributed by atoms with Crippen LogP contribution in [0.25, 0.3) is 0 Å². The fourth-order valence-electron chi connectivity index (χ4n) is 4.79. The summed E-state index contributed by atoms with van der Waals surface area (Å²) in [7, 11) is 0.924. The first-order valence-corrected chi connectivity index (χ1v) is 17.0. The molecule has 1 aliphatic rings. The maximum absolute atomic E-state index is 12.7. The summed E-state index contributed by atoms with van der Waals surface area (Å²) in [6, 6.07) is 0. The number of phosphoric acid groups is 1. The van der Waals surface area contributed by atoms with E-state index in [9.17, 15) is 39.2 Å². The summed E-state index contributed by atoms with van der Waals surface area (Å²) < 4.78 is 32.3. The third-order valence-electron chi connectivity index (χ3n) is 7.33. The van der Waals surface area contributed by atoms with Gasteiger partial charge in [-0.25, -0.2) is 0 Å². The summed E-state index contributed by atoms with van der Waals surface area (Å²) in [4.78, 5) is 48.3. The van der Waals surface area contributed by atoms with Crippen molar-refractivity contribution in [1.29, 1.82) is 0 Å². The largest absolute Gasteiger partial charge is 0.756 e. The monoisotopic (exact) mass is 651 g/mol. The highest BCUT2D eigenvalue weighted by atomic mass is 31.2. The van der Waals surface area contributed by atoms with Crippen LogP contribution in [-0.2, 0) is 37.5 Å². The normalized spacial score (nSPS) is 23.3. The number of unbranched alkanes of at least 4 members (excludes halogenated alkanes) is 3. The number of aliphatic hydroxyl groups excluding tert-OH is 3. The Balaban J connectivity index is 2.51. The predicted octanol–water partition coefficient (Wildman–Crippen LogP) is 2.04. The molecule has 0 saturated heterocycles. The van der Waals surface area contributed by atoms with E-state index < -0.39 is 69.2 Å². The molecule has 0 amide bonds. The molecule has 0 aliphatic heterocycles.